The van der Waals surface area contributed by atoms with Crippen LogP contribution in [0.3, 0.4) is 0 Å². The molecule has 25 heavy (non-hydrogen) atoms. The Bertz CT molecular complexity index is 696. The van der Waals surface area contributed by atoms with Crippen LogP contribution >= 0.6 is 0 Å². The first-order valence-corrected chi connectivity index (χ1v) is 7.25. The summed E-state index contributed by atoms with van der Waals surface area (Å²) in [5.74, 6) is 0. The number of nitro groups is 1. The first-order valence-electron chi connectivity index (χ1n) is 7.25. The molecule has 132 valence electrons. The van der Waals surface area contributed by atoms with Gasteiger partial charge >= 0.3 is 0 Å². The van der Waals surface area contributed by atoms with Gasteiger partial charge in [0.25, 0.3) is 5.69 Å². The highest BCUT2D eigenvalue weighted by atomic mass is 16.6. The summed E-state index contributed by atoms with van der Waals surface area (Å²) >= 11 is 0. The highest BCUT2D eigenvalue weighted by Gasteiger charge is 2.21. The fourth-order valence-electron chi connectivity index (χ4n) is 1.95. The van der Waals surface area contributed by atoms with Gasteiger partial charge in [0.1, 0.15) is 0 Å². The molecule has 0 heterocycles. The summed E-state index contributed by atoms with van der Waals surface area (Å²) in [4.78, 5) is 16.0. The molecule has 1 rings (SSSR count). The quantitative estimate of drug-likeness (QED) is 0.140. The highest BCUT2D eigenvalue weighted by molar-refractivity contribution is 5.55. The van der Waals surface area contributed by atoms with Crippen molar-refractivity contribution in [1.29, 1.82) is 0 Å². The van der Waals surface area contributed by atoms with Gasteiger partial charge in [0.05, 0.1) is 37.4 Å². The first kappa shape index (κ1) is 19.9. The van der Waals surface area contributed by atoms with Crippen LogP contribution < -0.4 is 0 Å². The van der Waals surface area contributed by atoms with Crippen molar-refractivity contribution >= 4 is 11.8 Å². The van der Waals surface area contributed by atoms with Crippen molar-refractivity contribution in [2.75, 3.05) is 33.0 Å². The summed E-state index contributed by atoms with van der Waals surface area (Å²) < 4.78 is 10.5. The molecule has 0 spiro atoms. The zero-order valence-electron chi connectivity index (χ0n) is 13.4. The third-order valence-corrected chi connectivity index (χ3v) is 3.08. The highest BCUT2D eigenvalue weighted by Crippen LogP contribution is 2.29. The predicted octanol–water partition coefficient (Wildman–Crippen LogP) is 3.93. The average molecular weight is 347 g/mol. The number of ether oxygens (including phenoxy) is 2. The predicted molar refractivity (Wildman–Crippen MR) is 90.7 cm³/mol. The van der Waals surface area contributed by atoms with E-state index in [0.717, 1.165) is 0 Å². The van der Waals surface area contributed by atoms with E-state index in [4.69, 9.17) is 20.5 Å². The first-order chi connectivity index (χ1) is 12.1. The van der Waals surface area contributed by atoms with Crippen LogP contribution in [0.25, 0.3) is 27.0 Å². The zero-order chi connectivity index (χ0) is 18.5. The normalized spacial score (nSPS) is 11.0. The molecule has 0 fully saturated rings. The molecule has 0 aliphatic carbocycles. The number of rotatable bonds is 12. The number of azide groups is 2. The second-order valence-electron chi connectivity index (χ2n) is 4.64. The standard InChI is InChI=1S/C14H17N7O4/c1-2-11-3-4-14(21(22)23)12(9-11)13(18-20-16)10-25-8-7-24-6-5-17-19-15/h2-4,9,13H,1,5-8,10H2. The van der Waals surface area contributed by atoms with E-state index < -0.39 is 11.0 Å². The van der Waals surface area contributed by atoms with Crippen molar-refractivity contribution in [3.8, 4) is 0 Å². The number of benzene rings is 1. The van der Waals surface area contributed by atoms with Crippen LogP contribution in [0.4, 0.5) is 5.69 Å². The summed E-state index contributed by atoms with van der Waals surface area (Å²) in [6, 6.07) is 3.59. The van der Waals surface area contributed by atoms with E-state index in [0.29, 0.717) is 5.56 Å². The van der Waals surface area contributed by atoms with Crippen LogP contribution in [-0.2, 0) is 9.47 Å². The molecular formula is C14H17N7O4. The lowest BCUT2D eigenvalue weighted by Crippen LogP contribution is -2.12. The van der Waals surface area contributed by atoms with Crippen molar-refractivity contribution in [2.45, 2.75) is 6.04 Å². The largest absolute Gasteiger partial charge is 0.379 e. The van der Waals surface area contributed by atoms with E-state index in [1.54, 1.807) is 18.2 Å². The molecule has 0 aliphatic rings. The van der Waals surface area contributed by atoms with E-state index in [9.17, 15) is 10.1 Å². The van der Waals surface area contributed by atoms with Crippen molar-refractivity contribution < 1.29 is 14.4 Å². The summed E-state index contributed by atoms with van der Waals surface area (Å²) in [6.45, 7) is 4.51. The lowest BCUT2D eigenvalue weighted by Gasteiger charge is -2.13. The number of nitrogens with zero attached hydrogens (tertiary/aromatic N) is 7. The zero-order valence-corrected chi connectivity index (χ0v) is 13.4. The Kier molecular flexibility index (Phi) is 9.13. The Hall–Kier alpha value is -3.10. The monoisotopic (exact) mass is 347 g/mol. The summed E-state index contributed by atoms with van der Waals surface area (Å²) in [6.07, 6.45) is 1.54. The van der Waals surface area contributed by atoms with Crippen LogP contribution in [0.2, 0.25) is 0 Å². The van der Waals surface area contributed by atoms with Crippen molar-refractivity contribution in [2.24, 2.45) is 10.2 Å². The molecule has 1 aromatic carbocycles. The molecule has 0 aliphatic heterocycles. The Morgan fingerprint density at radius 3 is 2.68 bits per heavy atom. The van der Waals surface area contributed by atoms with E-state index in [1.165, 1.54) is 6.07 Å². The average Bonchev–Trinajstić information content (AvgIpc) is 2.62. The molecule has 0 amide bonds. The SMILES string of the molecule is C=Cc1ccc([N+](=O)[O-])c(C(COCCOCCN=[N+]=[N-])N=[N+]=[N-])c1. The van der Waals surface area contributed by atoms with Crippen molar-refractivity contribution in [1.82, 2.24) is 0 Å². The molecule has 1 atom stereocenters. The van der Waals surface area contributed by atoms with Gasteiger partial charge in [0, 0.05) is 28.0 Å². The van der Waals surface area contributed by atoms with Gasteiger partial charge in [-0.05, 0) is 28.8 Å². The van der Waals surface area contributed by atoms with Gasteiger partial charge in [-0.15, -0.1) is 0 Å². The number of nitro benzene ring substituents is 1. The Morgan fingerprint density at radius 2 is 2.04 bits per heavy atom. The van der Waals surface area contributed by atoms with Gasteiger partial charge in [-0.3, -0.25) is 10.1 Å². The van der Waals surface area contributed by atoms with Gasteiger partial charge in [0.15, 0.2) is 0 Å². The number of hydrogen-bond donors (Lipinski definition) is 0. The lowest BCUT2D eigenvalue weighted by molar-refractivity contribution is -0.385. The molecule has 1 unspecified atom stereocenters. The molecule has 11 nitrogen and oxygen atoms in total. The van der Waals surface area contributed by atoms with Crippen molar-refractivity contribution in [3.05, 3.63) is 66.9 Å². The Morgan fingerprint density at radius 1 is 1.28 bits per heavy atom. The van der Waals surface area contributed by atoms with Gasteiger partial charge in [-0.1, -0.05) is 22.9 Å². The topological polar surface area (TPSA) is 159 Å². The summed E-state index contributed by atoms with van der Waals surface area (Å²) in [7, 11) is 0. The van der Waals surface area contributed by atoms with Gasteiger partial charge in [-0.2, -0.15) is 0 Å². The van der Waals surface area contributed by atoms with Crippen molar-refractivity contribution in [3.63, 3.8) is 0 Å². The molecule has 0 N–H and O–H groups in total. The summed E-state index contributed by atoms with van der Waals surface area (Å²) in [5, 5.41) is 18.1. The molecule has 0 bridgehead atoms. The molecule has 0 saturated carbocycles. The third kappa shape index (κ3) is 6.90. The maximum absolute atomic E-state index is 11.2. The molecule has 0 aromatic heterocycles. The molecule has 0 radical (unpaired) electrons. The Balaban J connectivity index is 2.70. The maximum Gasteiger partial charge on any atom is 0.273 e. The van der Waals surface area contributed by atoms with Crippen LogP contribution in [0.1, 0.15) is 17.2 Å². The van der Waals surface area contributed by atoms with Crippen LogP contribution in [0.5, 0.6) is 0 Å². The number of hydrogen-bond acceptors (Lipinski definition) is 6. The molecule has 0 saturated heterocycles. The van der Waals surface area contributed by atoms with Crippen LogP contribution in [0, 0.1) is 10.1 Å². The fraction of sp³-hybridized carbons (Fsp3) is 0.429. The minimum Gasteiger partial charge on any atom is -0.379 e. The van der Waals surface area contributed by atoms with Gasteiger partial charge < -0.3 is 9.47 Å². The van der Waals surface area contributed by atoms with E-state index in [1.807, 2.05) is 0 Å². The lowest BCUT2D eigenvalue weighted by atomic mass is 10.0. The molecule has 1 aromatic rings. The van der Waals surface area contributed by atoms with E-state index in [-0.39, 0.29) is 44.2 Å². The van der Waals surface area contributed by atoms with Crippen LogP contribution in [0.15, 0.2) is 35.0 Å². The van der Waals surface area contributed by atoms with Gasteiger partial charge in [0.2, 0.25) is 0 Å². The van der Waals surface area contributed by atoms with Gasteiger partial charge in [-0.25, -0.2) is 0 Å². The minimum atomic E-state index is -0.853. The van der Waals surface area contributed by atoms with Crippen LogP contribution in [-0.4, -0.2) is 37.9 Å². The van der Waals surface area contributed by atoms with E-state index in [2.05, 4.69) is 26.6 Å². The second-order valence-corrected chi connectivity index (χ2v) is 4.64. The fourth-order valence-corrected chi connectivity index (χ4v) is 1.95. The smallest absolute Gasteiger partial charge is 0.273 e. The summed E-state index contributed by atoms with van der Waals surface area (Å²) in [5.41, 5.74) is 17.6. The minimum absolute atomic E-state index is 0.0365. The Labute approximate surface area is 143 Å². The third-order valence-electron chi connectivity index (χ3n) is 3.08. The van der Waals surface area contributed by atoms with E-state index >= 15 is 0 Å². The maximum atomic E-state index is 11.2. The second kappa shape index (κ2) is 11.4. The molecular weight excluding hydrogens is 330 g/mol. The molecule has 11 heteroatoms.